The Morgan fingerprint density at radius 3 is 2.67 bits per heavy atom. The lowest BCUT2D eigenvalue weighted by atomic mass is 10.3. The van der Waals surface area contributed by atoms with Gasteiger partial charge in [-0.15, -0.1) is 24.0 Å². The van der Waals surface area contributed by atoms with Crippen LogP contribution in [0, 0.1) is 0 Å². The number of hydrogen-bond acceptors (Lipinski definition) is 3. The number of halogens is 1. The summed E-state index contributed by atoms with van der Waals surface area (Å²) >= 11 is 2.11. The largest absolute Gasteiger partial charge is 0.357 e. The van der Waals surface area contributed by atoms with Crippen LogP contribution in [0.3, 0.4) is 0 Å². The van der Waals surface area contributed by atoms with Crippen molar-refractivity contribution in [1.29, 1.82) is 0 Å². The average Bonchev–Trinajstić information content (AvgIpc) is 3.00. The van der Waals surface area contributed by atoms with Crippen molar-refractivity contribution in [3.8, 4) is 0 Å². The summed E-state index contributed by atoms with van der Waals surface area (Å²) in [5.74, 6) is 2.36. The Balaban J connectivity index is 0.00000220. The Labute approximate surface area is 151 Å². The lowest BCUT2D eigenvalue weighted by molar-refractivity contribution is 0.346. The molecule has 0 aromatic rings. The smallest absolute Gasteiger partial charge is 0.194 e. The molecule has 6 heteroatoms. The zero-order chi connectivity index (χ0) is 14.2. The van der Waals surface area contributed by atoms with Gasteiger partial charge < -0.3 is 15.1 Å². The first-order valence-corrected chi connectivity index (χ1v) is 9.25. The summed E-state index contributed by atoms with van der Waals surface area (Å²) < 4.78 is 0. The van der Waals surface area contributed by atoms with Crippen molar-refractivity contribution in [2.24, 2.45) is 4.99 Å². The first-order valence-electron chi connectivity index (χ1n) is 8.20. The van der Waals surface area contributed by atoms with Crippen molar-refractivity contribution >= 4 is 41.7 Å². The van der Waals surface area contributed by atoms with Crippen LogP contribution in [0.25, 0.3) is 0 Å². The highest BCUT2D eigenvalue weighted by Crippen LogP contribution is 2.21. The van der Waals surface area contributed by atoms with Crippen LogP contribution < -0.4 is 5.32 Å². The second kappa shape index (κ2) is 10.9. The van der Waals surface area contributed by atoms with Gasteiger partial charge >= 0.3 is 0 Å². The molecule has 124 valence electrons. The van der Waals surface area contributed by atoms with Crippen LogP contribution in [-0.4, -0.2) is 72.6 Å². The number of nitrogens with zero attached hydrogens (tertiary/aromatic N) is 3. The quantitative estimate of drug-likeness (QED) is 0.416. The molecular weight excluding hydrogens is 395 g/mol. The lowest BCUT2D eigenvalue weighted by Crippen LogP contribution is -2.48. The fraction of sp³-hybridized carbons (Fsp3) is 0.933. The minimum atomic E-state index is 0. The Morgan fingerprint density at radius 2 is 2.00 bits per heavy atom. The van der Waals surface area contributed by atoms with Crippen molar-refractivity contribution in [3.63, 3.8) is 0 Å². The molecular formula is C15H31IN4S. The predicted molar refractivity (Wildman–Crippen MR) is 105 cm³/mol. The predicted octanol–water partition coefficient (Wildman–Crippen LogP) is 2.49. The van der Waals surface area contributed by atoms with E-state index in [2.05, 4.69) is 40.7 Å². The lowest BCUT2D eigenvalue weighted by Gasteiger charge is -2.34. The molecule has 2 aliphatic rings. The second-order valence-corrected chi connectivity index (χ2v) is 7.04. The maximum Gasteiger partial charge on any atom is 0.194 e. The molecule has 4 nitrogen and oxygen atoms in total. The van der Waals surface area contributed by atoms with E-state index in [9.17, 15) is 0 Å². The fourth-order valence-electron chi connectivity index (χ4n) is 2.89. The molecule has 2 heterocycles. The Morgan fingerprint density at radius 1 is 1.24 bits per heavy atom. The van der Waals surface area contributed by atoms with E-state index in [4.69, 9.17) is 4.99 Å². The van der Waals surface area contributed by atoms with Crippen LogP contribution in [0.4, 0.5) is 0 Å². The monoisotopic (exact) mass is 426 g/mol. The van der Waals surface area contributed by atoms with E-state index < -0.39 is 0 Å². The molecule has 1 atom stereocenters. The van der Waals surface area contributed by atoms with Gasteiger partial charge in [0, 0.05) is 37.2 Å². The molecule has 0 spiro atoms. The van der Waals surface area contributed by atoms with Gasteiger partial charge in [0.1, 0.15) is 0 Å². The van der Waals surface area contributed by atoms with Gasteiger partial charge in [0.15, 0.2) is 5.96 Å². The van der Waals surface area contributed by atoms with Gasteiger partial charge in [0.2, 0.25) is 0 Å². The number of likely N-dealkylation sites (tertiary alicyclic amines) is 1. The molecule has 0 saturated carbocycles. The van der Waals surface area contributed by atoms with Crippen LogP contribution in [0.5, 0.6) is 0 Å². The summed E-state index contributed by atoms with van der Waals surface area (Å²) in [6, 6.07) is 0. The van der Waals surface area contributed by atoms with E-state index in [1.165, 1.54) is 38.1 Å². The van der Waals surface area contributed by atoms with Crippen molar-refractivity contribution in [3.05, 3.63) is 0 Å². The third-order valence-electron chi connectivity index (χ3n) is 4.11. The molecule has 2 fully saturated rings. The number of thioether (sulfide) groups is 1. The number of nitrogens with one attached hydrogen (secondary N) is 1. The standard InChI is InChI=1S/C15H30N4S.HI/c1-3-14-13-19(11-12-20-14)15(16-4-2)17-7-10-18-8-5-6-9-18;/h14H,3-13H2,1-2H3,(H,16,17);1H. The van der Waals surface area contributed by atoms with E-state index in [-0.39, 0.29) is 24.0 Å². The zero-order valence-corrected chi connectivity index (χ0v) is 16.7. The molecule has 2 aliphatic heterocycles. The highest BCUT2D eigenvalue weighted by atomic mass is 127. The summed E-state index contributed by atoms with van der Waals surface area (Å²) in [7, 11) is 0. The zero-order valence-electron chi connectivity index (χ0n) is 13.5. The molecule has 0 aromatic carbocycles. The molecule has 1 unspecified atom stereocenters. The van der Waals surface area contributed by atoms with Gasteiger partial charge in [0.25, 0.3) is 0 Å². The van der Waals surface area contributed by atoms with Gasteiger partial charge in [-0.2, -0.15) is 11.8 Å². The van der Waals surface area contributed by atoms with Crippen LogP contribution in [-0.2, 0) is 0 Å². The maximum atomic E-state index is 4.85. The summed E-state index contributed by atoms with van der Waals surface area (Å²) in [4.78, 5) is 9.84. The summed E-state index contributed by atoms with van der Waals surface area (Å²) in [6.45, 7) is 12.3. The number of guanidine groups is 1. The normalized spacial score (nSPS) is 24.0. The van der Waals surface area contributed by atoms with Gasteiger partial charge in [-0.25, -0.2) is 0 Å². The van der Waals surface area contributed by atoms with Crippen molar-refractivity contribution in [2.45, 2.75) is 38.4 Å². The van der Waals surface area contributed by atoms with E-state index in [1.54, 1.807) is 0 Å². The Hall–Kier alpha value is 0.310. The molecule has 2 rings (SSSR count). The Bertz CT molecular complexity index is 308. The van der Waals surface area contributed by atoms with E-state index in [0.717, 1.165) is 43.9 Å². The first-order chi connectivity index (χ1) is 9.83. The SMILES string of the molecule is CCNC(=NCCN1CCCC1)N1CCSC(CC)C1.I. The fourth-order valence-corrected chi connectivity index (χ4v) is 4.07. The van der Waals surface area contributed by atoms with Crippen LogP contribution in [0.15, 0.2) is 4.99 Å². The molecule has 0 bridgehead atoms. The van der Waals surface area contributed by atoms with Gasteiger partial charge in [-0.1, -0.05) is 6.92 Å². The summed E-state index contributed by atoms with van der Waals surface area (Å²) in [6.07, 6.45) is 3.99. The van der Waals surface area contributed by atoms with Crippen molar-refractivity contribution < 1.29 is 0 Å². The average molecular weight is 426 g/mol. The van der Waals surface area contributed by atoms with Crippen LogP contribution in [0.1, 0.15) is 33.1 Å². The number of hydrogen-bond donors (Lipinski definition) is 1. The molecule has 1 N–H and O–H groups in total. The number of aliphatic imine (C=N–C) groups is 1. The molecule has 2 saturated heterocycles. The van der Waals surface area contributed by atoms with Gasteiger partial charge in [-0.3, -0.25) is 4.99 Å². The molecule has 0 amide bonds. The van der Waals surface area contributed by atoms with Crippen molar-refractivity contribution in [2.75, 3.05) is 51.6 Å². The molecule has 0 aromatic heterocycles. The van der Waals surface area contributed by atoms with E-state index in [0.29, 0.717) is 0 Å². The summed E-state index contributed by atoms with van der Waals surface area (Å²) in [5, 5.41) is 4.24. The van der Waals surface area contributed by atoms with Crippen LogP contribution in [0.2, 0.25) is 0 Å². The maximum absolute atomic E-state index is 4.85. The molecule has 0 radical (unpaired) electrons. The third kappa shape index (κ3) is 6.52. The van der Waals surface area contributed by atoms with Gasteiger partial charge in [0.05, 0.1) is 6.54 Å². The second-order valence-electron chi connectivity index (χ2n) is 5.63. The Kier molecular flexibility index (Phi) is 10.1. The summed E-state index contributed by atoms with van der Waals surface area (Å²) in [5.41, 5.74) is 0. The van der Waals surface area contributed by atoms with Crippen molar-refractivity contribution in [1.82, 2.24) is 15.1 Å². The first kappa shape index (κ1) is 19.4. The molecule has 0 aliphatic carbocycles. The van der Waals surface area contributed by atoms with Gasteiger partial charge in [-0.05, 0) is 39.3 Å². The van der Waals surface area contributed by atoms with E-state index in [1.807, 2.05) is 0 Å². The van der Waals surface area contributed by atoms with E-state index >= 15 is 0 Å². The number of rotatable bonds is 5. The minimum absolute atomic E-state index is 0. The highest BCUT2D eigenvalue weighted by Gasteiger charge is 2.21. The molecule has 21 heavy (non-hydrogen) atoms. The minimum Gasteiger partial charge on any atom is -0.357 e. The highest BCUT2D eigenvalue weighted by molar-refractivity contribution is 14.0. The van der Waals surface area contributed by atoms with Crippen LogP contribution >= 0.6 is 35.7 Å². The topological polar surface area (TPSA) is 30.9 Å². The third-order valence-corrected chi connectivity index (χ3v) is 5.48.